The van der Waals surface area contributed by atoms with E-state index in [9.17, 15) is 23.1 Å². The number of H-pyrrole nitrogens is 1. The molecular formula is C18H13ClN2O6S. The Morgan fingerprint density at radius 3 is 2.46 bits per heavy atom. The standard InChI is InChI=1S/C18H13ClN2O6S/c19-12-4-6-13(7-5-12)28(26,27)9-10-2-1-3-11(8-10)16-20-14(18(24)25)15(22)17(23)21-16/h1-8,22H,9H2,(H,24,25)(H,20,21,23). The molecule has 0 atom stereocenters. The molecule has 2 aromatic carbocycles. The van der Waals surface area contributed by atoms with E-state index in [0.717, 1.165) is 0 Å². The second kappa shape index (κ2) is 7.45. The van der Waals surface area contributed by atoms with Gasteiger partial charge in [0, 0.05) is 10.6 Å². The highest BCUT2D eigenvalue weighted by Gasteiger charge is 2.19. The van der Waals surface area contributed by atoms with E-state index in [2.05, 4.69) is 9.97 Å². The zero-order valence-electron chi connectivity index (χ0n) is 14.1. The summed E-state index contributed by atoms with van der Waals surface area (Å²) in [7, 11) is -3.65. The zero-order valence-corrected chi connectivity index (χ0v) is 15.7. The average molecular weight is 421 g/mol. The molecule has 8 nitrogen and oxygen atoms in total. The summed E-state index contributed by atoms with van der Waals surface area (Å²) in [6, 6.07) is 11.9. The van der Waals surface area contributed by atoms with Crippen LogP contribution < -0.4 is 5.56 Å². The predicted octanol–water partition coefficient (Wildman–Crippen LogP) is 2.47. The summed E-state index contributed by atoms with van der Waals surface area (Å²) in [5.41, 5.74) is -1.11. The molecule has 0 saturated carbocycles. The fraction of sp³-hybridized carbons (Fsp3) is 0.0556. The minimum atomic E-state index is -3.65. The zero-order chi connectivity index (χ0) is 20.5. The minimum absolute atomic E-state index is 0.103. The van der Waals surface area contributed by atoms with Gasteiger partial charge < -0.3 is 15.2 Å². The molecule has 0 aliphatic rings. The Bertz CT molecular complexity index is 1220. The van der Waals surface area contributed by atoms with E-state index in [1.54, 1.807) is 12.1 Å². The first kappa shape index (κ1) is 19.6. The van der Waals surface area contributed by atoms with E-state index in [1.165, 1.54) is 36.4 Å². The van der Waals surface area contributed by atoms with Crippen molar-refractivity contribution in [3.8, 4) is 17.1 Å². The summed E-state index contributed by atoms with van der Waals surface area (Å²) < 4.78 is 25.2. The lowest BCUT2D eigenvalue weighted by Crippen LogP contribution is -2.15. The summed E-state index contributed by atoms with van der Waals surface area (Å²) in [6.07, 6.45) is 0. The van der Waals surface area contributed by atoms with Crippen molar-refractivity contribution in [2.24, 2.45) is 0 Å². The number of rotatable bonds is 5. The number of aromatic carboxylic acids is 1. The Labute approximate surface area is 164 Å². The lowest BCUT2D eigenvalue weighted by molar-refractivity contribution is 0.0686. The van der Waals surface area contributed by atoms with Crippen molar-refractivity contribution in [2.45, 2.75) is 10.6 Å². The molecule has 3 rings (SSSR count). The van der Waals surface area contributed by atoms with Gasteiger partial charge in [0.05, 0.1) is 10.6 Å². The molecule has 28 heavy (non-hydrogen) atoms. The van der Waals surface area contributed by atoms with Crippen molar-refractivity contribution in [1.82, 2.24) is 9.97 Å². The molecule has 0 spiro atoms. The van der Waals surface area contributed by atoms with E-state index in [4.69, 9.17) is 16.7 Å². The van der Waals surface area contributed by atoms with Crippen LogP contribution in [0.5, 0.6) is 5.75 Å². The minimum Gasteiger partial charge on any atom is -0.501 e. The van der Waals surface area contributed by atoms with Gasteiger partial charge in [-0.3, -0.25) is 4.79 Å². The van der Waals surface area contributed by atoms with Crippen LogP contribution in [0.1, 0.15) is 16.1 Å². The third kappa shape index (κ3) is 4.05. The molecule has 10 heteroatoms. The number of sulfone groups is 1. The van der Waals surface area contributed by atoms with Crippen LogP contribution >= 0.6 is 11.6 Å². The number of carboxylic acid groups (broad SMARTS) is 1. The molecule has 0 saturated heterocycles. The van der Waals surface area contributed by atoms with Crippen LogP contribution in [0.3, 0.4) is 0 Å². The van der Waals surface area contributed by atoms with Gasteiger partial charge in [-0.1, -0.05) is 29.8 Å². The van der Waals surface area contributed by atoms with Crippen LogP contribution in [0.4, 0.5) is 0 Å². The predicted molar refractivity (Wildman–Crippen MR) is 101 cm³/mol. The van der Waals surface area contributed by atoms with Gasteiger partial charge in [-0.05, 0) is 35.9 Å². The monoisotopic (exact) mass is 420 g/mol. The van der Waals surface area contributed by atoms with Gasteiger partial charge in [0.15, 0.2) is 15.5 Å². The average Bonchev–Trinajstić information content (AvgIpc) is 2.63. The summed E-state index contributed by atoms with van der Waals surface area (Å²) >= 11 is 5.78. The maximum Gasteiger partial charge on any atom is 0.358 e. The quantitative estimate of drug-likeness (QED) is 0.576. The number of aromatic nitrogens is 2. The van der Waals surface area contributed by atoms with Crippen LogP contribution in [0.2, 0.25) is 5.02 Å². The lowest BCUT2D eigenvalue weighted by Gasteiger charge is -2.08. The smallest absolute Gasteiger partial charge is 0.358 e. The van der Waals surface area contributed by atoms with Gasteiger partial charge in [-0.15, -0.1) is 0 Å². The number of benzene rings is 2. The van der Waals surface area contributed by atoms with Gasteiger partial charge >= 0.3 is 5.97 Å². The fourth-order valence-corrected chi connectivity index (χ4v) is 3.97. The number of hydrogen-bond donors (Lipinski definition) is 3. The lowest BCUT2D eigenvalue weighted by atomic mass is 10.1. The summed E-state index contributed by atoms with van der Waals surface area (Å²) in [5, 5.41) is 19.0. The highest BCUT2D eigenvalue weighted by atomic mass is 35.5. The maximum atomic E-state index is 12.6. The molecule has 0 aliphatic carbocycles. The van der Waals surface area contributed by atoms with Gasteiger partial charge in [0.1, 0.15) is 5.82 Å². The summed E-state index contributed by atoms with van der Waals surface area (Å²) in [5.74, 6) is -2.99. The molecule has 1 aromatic heterocycles. The molecule has 0 unspecified atom stereocenters. The molecule has 3 N–H and O–H groups in total. The molecule has 0 fully saturated rings. The highest BCUT2D eigenvalue weighted by molar-refractivity contribution is 7.90. The first-order valence-corrected chi connectivity index (χ1v) is 9.84. The number of nitrogens with zero attached hydrogens (tertiary/aromatic N) is 1. The fourth-order valence-electron chi connectivity index (χ4n) is 2.51. The van der Waals surface area contributed by atoms with Gasteiger partial charge in [-0.25, -0.2) is 18.2 Å². The Kier molecular flexibility index (Phi) is 5.21. The molecule has 0 amide bonds. The van der Waals surface area contributed by atoms with Crippen molar-refractivity contribution in [3.05, 3.63) is 75.2 Å². The second-order valence-corrected chi connectivity index (χ2v) is 8.26. The van der Waals surface area contributed by atoms with Crippen molar-refractivity contribution in [2.75, 3.05) is 0 Å². The number of nitrogens with one attached hydrogen (secondary N) is 1. The van der Waals surface area contributed by atoms with E-state index in [1.807, 2.05) is 0 Å². The van der Waals surface area contributed by atoms with E-state index < -0.39 is 32.8 Å². The second-order valence-electron chi connectivity index (χ2n) is 5.83. The summed E-state index contributed by atoms with van der Waals surface area (Å²) in [6.45, 7) is 0. The van der Waals surface area contributed by atoms with Crippen molar-refractivity contribution < 1.29 is 23.4 Å². The number of carbonyl (C=O) groups is 1. The highest BCUT2D eigenvalue weighted by Crippen LogP contribution is 2.22. The largest absolute Gasteiger partial charge is 0.501 e. The molecule has 3 aromatic rings. The number of halogens is 1. The number of aromatic hydroxyl groups is 1. The molecule has 144 valence electrons. The van der Waals surface area contributed by atoms with Crippen molar-refractivity contribution >= 4 is 27.4 Å². The number of aromatic amines is 1. The third-order valence-electron chi connectivity index (χ3n) is 3.83. The normalized spacial score (nSPS) is 11.3. The molecule has 1 heterocycles. The van der Waals surface area contributed by atoms with E-state index in [0.29, 0.717) is 16.1 Å². The Morgan fingerprint density at radius 2 is 1.82 bits per heavy atom. The van der Waals surface area contributed by atoms with Crippen LogP contribution in [-0.2, 0) is 15.6 Å². The molecule has 0 bridgehead atoms. The molecular weight excluding hydrogens is 408 g/mol. The van der Waals surface area contributed by atoms with Crippen molar-refractivity contribution in [1.29, 1.82) is 0 Å². The Balaban J connectivity index is 1.98. The molecule has 0 aliphatic heterocycles. The topological polar surface area (TPSA) is 137 Å². The first-order valence-electron chi connectivity index (χ1n) is 7.81. The Hall–Kier alpha value is -3.17. The van der Waals surface area contributed by atoms with Crippen LogP contribution in [0, 0.1) is 0 Å². The number of hydrogen-bond acceptors (Lipinski definition) is 6. The van der Waals surface area contributed by atoms with Crippen LogP contribution in [0.25, 0.3) is 11.4 Å². The maximum absolute atomic E-state index is 12.6. The van der Waals surface area contributed by atoms with Crippen molar-refractivity contribution in [3.63, 3.8) is 0 Å². The Morgan fingerprint density at radius 1 is 1.14 bits per heavy atom. The van der Waals surface area contributed by atoms with Gasteiger partial charge in [-0.2, -0.15) is 0 Å². The first-order chi connectivity index (χ1) is 13.2. The van der Waals surface area contributed by atoms with Gasteiger partial charge in [0.2, 0.25) is 5.75 Å². The van der Waals surface area contributed by atoms with Crippen LogP contribution in [0.15, 0.2) is 58.2 Å². The van der Waals surface area contributed by atoms with E-state index >= 15 is 0 Å². The van der Waals surface area contributed by atoms with Gasteiger partial charge in [0.25, 0.3) is 5.56 Å². The van der Waals surface area contributed by atoms with E-state index in [-0.39, 0.29) is 16.5 Å². The summed E-state index contributed by atoms with van der Waals surface area (Å²) in [4.78, 5) is 29.0. The third-order valence-corrected chi connectivity index (χ3v) is 5.78. The van der Waals surface area contributed by atoms with Crippen LogP contribution in [-0.4, -0.2) is 34.6 Å². The SMILES string of the molecule is O=C(O)c1nc(-c2cccc(CS(=O)(=O)c3ccc(Cl)cc3)c2)[nH]c(=O)c1O. The molecule has 0 radical (unpaired) electrons. The number of carboxylic acids is 1.